The average molecular weight is 642 g/mol. The summed E-state index contributed by atoms with van der Waals surface area (Å²) >= 11 is 0. The van der Waals surface area contributed by atoms with E-state index in [4.69, 9.17) is 4.74 Å². The van der Waals surface area contributed by atoms with Crippen molar-refractivity contribution in [1.82, 2.24) is 10.2 Å². The molecule has 2 atom stereocenters. The topological polar surface area (TPSA) is 96.0 Å². The number of para-hydroxylation sites is 1. The van der Waals surface area contributed by atoms with Gasteiger partial charge in [0, 0.05) is 19.0 Å². The van der Waals surface area contributed by atoms with Crippen molar-refractivity contribution in [3.8, 4) is 5.75 Å². The normalized spacial score (nSPS) is 12.5. The Hall–Kier alpha value is -4.63. The smallest absolute Gasteiger partial charge is 0.264 e. The van der Waals surface area contributed by atoms with Crippen LogP contribution in [0.2, 0.25) is 0 Å². The molecule has 4 aromatic carbocycles. The van der Waals surface area contributed by atoms with Gasteiger partial charge in [-0.25, -0.2) is 8.42 Å². The number of hydrogen-bond donors (Lipinski definition) is 1. The van der Waals surface area contributed by atoms with E-state index < -0.39 is 28.5 Å². The van der Waals surface area contributed by atoms with E-state index in [1.807, 2.05) is 82.3 Å². The highest BCUT2D eigenvalue weighted by Gasteiger charge is 2.35. The quantitative estimate of drug-likeness (QED) is 0.168. The van der Waals surface area contributed by atoms with Crippen LogP contribution in [0.5, 0.6) is 5.75 Å². The summed E-state index contributed by atoms with van der Waals surface area (Å²) in [5, 5.41) is 3.06. The highest BCUT2D eigenvalue weighted by Crippen LogP contribution is 2.26. The zero-order valence-corrected chi connectivity index (χ0v) is 27.7. The van der Waals surface area contributed by atoms with Crippen molar-refractivity contribution in [3.05, 3.63) is 126 Å². The highest BCUT2D eigenvalue weighted by molar-refractivity contribution is 7.92. The molecule has 0 aromatic heterocycles. The molecule has 0 aliphatic heterocycles. The lowest BCUT2D eigenvalue weighted by molar-refractivity contribution is -0.140. The van der Waals surface area contributed by atoms with Crippen molar-refractivity contribution in [3.63, 3.8) is 0 Å². The third-order valence-corrected chi connectivity index (χ3v) is 9.54. The molecule has 1 N–H and O–H groups in total. The number of carbonyl (C=O) groups excluding carboxylic acids is 2. The maximum atomic E-state index is 14.5. The van der Waals surface area contributed by atoms with Gasteiger partial charge in [0.05, 0.1) is 17.2 Å². The first-order valence-corrected chi connectivity index (χ1v) is 17.1. The van der Waals surface area contributed by atoms with Crippen LogP contribution in [-0.4, -0.2) is 50.4 Å². The molecule has 0 heterocycles. The van der Waals surface area contributed by atoms with E-state index >= 15 is 0 Å². The largest absolute Gasteiger partial charge is 0.494 e. The zero-order valence-electron chi connectivity index (χ0n) is 26.9. The number of amides is 2. The summed E-state index contributed by atoms with van der Waals surface area (Å²) in [6.07, 6.45) is 0.982. The fourth-order valence-electron chi connectivity index (χ4n) is 5.13. The monoisotopic (exact) mass is 641 g/mol. The molecule has 0 aliphatic carbocycles. The SMILES string of the molecule is CCOc1ccc(S(=O)(=O)N(CC(=O)N(Cc2cccc(C)c2)C(Cc2ccccc2)C(=O)NC(C)CC)c2ccccc2)cc1. The van der Waals surface area contributed by atoms with E-state index in [1.165, 1.54) is 17.0 Å². The predicted molar refractivity (Wildman–Crippen MR) is 182 cm³/mol. The first-order valence-electron chi connectivity index (χ1n) is 15.6. The summed E-state index contributed by atoms with van der Waals surface area (Å²) in [6.45, 7) is 7.78. The predicted octanol–water partition coefficient (Wildman–Crippen LogP) is 6.14. The zero-order chi connectivity index (χ0) is 33.1. The minimum atomic E-state index is -4.19. The maximum absolute atomic E-state index is 14.5. The summed E-state index contributed by atoms with van der Waals surface area (Å²) < 4.78 is 35.0. The summed E-state index contributed by atoms with van der Waals surface area (Å²) in [5.74, 6) is -0.246. The number of rotatable bonds is 15. The van der Waals surface area contributed by atoms with E-state index in [0.29, 0.717) is 18.0 Å². The van der Waals surface area contributed by atoms with Crippen LogP contribution >= 0.6 is 0 Å². The van der Waals surface area contributed by atoms with Gasteiger partial charge in [-0.3, -0.25) is 13.9 Å². The Bertz CT molecular complexity index is 1680. The lowest BCUT2D eigenvalue weighted by Gasteiger charge is -2.34. The van der Waals surface area contributed by atoms with Crippen LogP contribution < -0.4 is 14.4 Å². The lowest BCUT2D eigenvalue weighted by Crippen LogP contribution is -2.54. The molecule has 8 nitrogen and oxygen atoms in total. The van der Waals surface area contributed by atoms with Gasteiger partial charge in [-0.15, -0.1) is 0 Å². The van der Waals surface area contributed by atoms with Gasteiger partial charge in [-0.05, 0) is 74.7 Å². The van der Waals surface area contributed by atoms with Gasteiger partial charge in [-0.1, -0.05) is 85.3 Å². The van der Waals surface area contributed by atoms with Gasteiger partial charge in [0.15, 0.2) is 0 Å². The Morgan fingerprint density at radius 1 is 0.826 bits per heavy atom. The number of sulfonamides is 1. The molecule has 0 saturated carbocycles. The van der Waals surface area contributed by atoms with Crippen LogP contribution in [0.4, 0.5) is 5.69 Å². The first-order chi connectivity index (χ1) is 22.1. The first kappa shape index (κ1) is 34.2. The average Bonchev–Trinajstić information content (AvgIpc) is 3.06. The second-order valence-electron chi connectivity index (χ2n) is 11.3. The number of aryl methyl sites for hydroxylation is 1. The summed E-state index contributed by atoms with van der Waals surface area (Å²) in [4.78, 5) is 30.0. The molecule has 0 saturated heterocycles. The Kier molecular flexibility index (Phi) is 12.0. The van der Waals surface area contributed by atoms with E-state index in [-0.39, 0.29) is 29.8 Å². The molecule has 0 bridgehead atoms. The van der Waals surface area contributed by atoms with Crippen LogP contribution in [0.25, 0.3) is 0 Å². The molecule has 9 heteroatoms. The van der Waals surface area contributed by atoms with E-state index in [2.05, 4.69) is 5.32 Å². The van der Waals surface area contributed by atoms with Crippen molar-refractivity contribution in [1.29, 1.82) is 0 Å². The highest BCUT2D eigenvalue weighted by atomic mass is 32.2. The Labute approximate surface area is 273 Å². The van der Waals surface area contributed by atoms with Crippen molar-refractivity contribution in [2.45, 2.75) is 64.1 Å². The Morgan fingerprint density at radius 3 is 2.07 bits per heavy atom. The van der Waals surface area contributed by atoms with Crippen LogP contribution in [0.15, 0.2) is 114 Å². The molecule has 0 spiro atoms. The van der Waals surface area contributed by atoms with Crippen molar-refractivity contribution < 1.29 is 22.7 Å². The second kappa shape index (κ2) is 16.1. The van der Waals surface area contributed by atoms with Gasteiger partial charge in [-0.2, -0.15) is 0 Å². The minimum Gasteiger partial charge on any atom is -0.494 e. The molecule has 2 unspecified atom stereocenters. The molecule has 0 fully saturated rings. The summed E-state index contributed by atoms with van der Waals surface area (Å²) in [7, 11) is -4.19. The fourth-order valence-corrected chi connectivity index (χ4v) is 6.54. The number of benzene rings is 4. The maximum Gasteiger partial charge on any atom is 0.264 e. The third-order valence-electron chi connectivity index (χ3n) is 7.75. The van der Waals surface area contributed by atoms with E-state index in [1.54, 1.807) is 42.5 Å². The van der Waals surface area contributed by atoms with Gasteiger partial charge >= 0.3 is 0 Å². The molecule has 4 rings (SSSR count). The molecule has 242 valence electrons. The molecule has 0 aliphatic rings. The van der Waals surface area contributed by atoms with Crippen molar-refractivity contribution in [2.75, 3.05) is 17.5 Å². The fraction of sp³-hybridized carbons (Fsp3) is 0.297. The molecule has 2 amide bonds. The van der Waals surface area contributed by atoms with Gasteiger partial charge in [0.25, 0.3) is 10.0 Å². The van der Waals surface area contributed by atoms with Gasteiger partial charge in [0.2, 0.25) is 11.8 Å². The number of anilines is 1. The number of carbonyl (C=O) groups is 2. The number of ether oxygens (including phenoxy) is 1. The van der Waals surface area contributed by atoms with Crippen LogP contribution in [-0.2, 0) is 32.6 Å². The Balaban J connectivity index is 1.78. The van der Waals surface area contributed by atoms with Crippen molar-refractivity contribution in [2.24, 2.45) is 0 Å². The van der Waals surface area contributed by atoms with Crippen LogP contribution in [0.3, 0.4) is 0 Å². The number of nitrogens with zero attached hydrogens (tertiary/aromatic N) is 2. The van der Waals surface area contributed by atoms with Crippen molar-refractivity contribution >= 4 is 27.5 Å². The molecule has 46 heavy (non-hydrogen) atoms. The summed E-state index contributed by atoms with van der Waals surface area (Å²) in [6, 6.07) is 31.0. The van der Waals surface area contributed by atoms with Crippen LogP contribution in [0.1, 0.15) is 43.9 Å². The molecular formula is C37H43N3O5S. The standard InChI is InChI=1S/C37H43N3O5S/c1-5-29(4)38-37(42)35(25-30-15-9-7-10-16-30)39(26-31-17-13-14-28(3)24-31)36(41)27-40(32-18-11-8-12-19-32)46(43,44)34-22-20-33(21-23-34)45-6-2/h7-24,29,35H,5-6,25-27H2,1-4H3,(H,38,42). The number of nitrogens with one attached hydrogen (secondary N) is 1. The third kappa shape index (κ3) is 8.97. The van der Waals surface area contributed by atoms with E-state index in [9.17, 15) is 18.0 Å². The lowest BCUT2D eigenvalue weighted by atomic mass is 10.0. The second-order valence-corrected chi connectivity index (χ2v) is 13.1. The minimum absolute atomic E-state index is 0.0215. The van der Waals surface area contributed by atoms with E-state index in [0.717, 1.165) is 27.4 Å². The Morgan fingerprint density at radius 2 is 1.46 bits per heavy atom. The number of hydrogen-bond acceptors (Lipinski definition) is 5. The molecule has 4 aromatic rings. The molecular weight excluding hydrogens is 598 g/mol. The van der Waals surface area contributed by atoms with Crippen LogP contribution in [0, 0.1) is 6.92 Å². The van der Waals surface area contributed by atoms with Gasteiger partial charge in [0.1, 0.15) is 18.3 Å². The summed E-state index contributed by atoms with van der Waals surface area (Å²) in [5.41, 5.74) is 3.07. The van der Waals surface area contributed by atoms with Gasteiger partial charge < -0.3 is 15.0 Å². The molecule has 0 radical (unpaired) electrons.